The van der Waals surface area contributed by atoms with Gasteiger partial charge in [0.25, 0.3) is 5.91 Å². The van der Waals surface area contributed by atoms with Crippen LogP contribution in [-0.4, -0.2) is 23.5 Å². The molecule has 1 aromatic heterocycles. The molecule has 0 aliphatic rings. The fourth-order valence-electron chi connectivity index (χ4n) is 1.24. The maximum absolute atomic E-state index is 12.7. The van der Waals surface area contributed by atoms with Gasteiger partial charge in [-0.3, -0.25) is 10.1 Å². The number of carbonyl (C=O) groups excluding carboxylic acids is 2. The van der Waals surface area contributed by atoms with Crippen molar-refractivity contribution in [3.63, 3.8) is 0 Å². The zero-order chi connectivity index (χ0) is 13.7. The number of nitrogens with one attached hydrogen (secondary N) is 1. The van der Waals surface area contributed by atoms with E-state index in [2.05, 4.69) is 10.3 Å². The van der Waals surface area contributed by atoms with Crippen LogP contribution in [0, 0.1) is 5.82 Å². The van der Waals surface area contributed by atoms with E-state index in [1.54, 1.807) is 11.6 Å². The summed E-state index contributed by atoms with van der Waals surface area (Å²) in [6, 6.07) is 4.87. The van der Waals surface area contributed by atoms with E-state index < -0.39 is 24.3 Å². The quantitative estimate of drug-likeness (QED) is 0.871. The molecule has 19 heavy (non-hydrogen) atoms. The van der Waals surface area contributed by atoms with Crippen molar-refractivity contribution in [1.82, 2.24) is 4.98 Å². The number of carbonyl (C=O) groups is 2. The number of thiazole rings is 1. The normalized spacial score (nSPS) is 9.95. The summed E-state index contributed by atoms with van der Waals surface area (Å²) < 4.78 is 17.4. The summed E-state index contributed by atoms with van der Waals surface area (Å²) in [4.78, 5) is 26.8. The number of halogens is 1. The van der Waals surface area contributed by atoms with Gasteiger partial charge in [0.15, 0.2) is 11.7 Å². The molecule has 7 heteroatoms. The van der Waals surface area contributed by atoms with Gasteiger partial charge < -0.3 is 4.74 Å². The molecule has 2 rings (SSSR count). The largest absolute Gasteiger partial charge is 0.452 e. The number of amides is 1. The van der Waals surface area contributed by atoms with E-state index >= 15 is 0 Å². The van der Waals surface area contributed by atoms with Crippen molar-refractivity contribution in [1.29, 1.82) is 0 Å². The summed E-state index contributed by atoms with van der Waals surface area (Å²) in [5.41, 5.74) is 0.184. The monoisotopic (exact) mass is 280 g/mol. The number of anilines is 1. The molecule has 0 bridgehead atoms. The Kier molecular flexibility index (Phi) is 4.19. The lowest BCUT2D eigenvalue weighted by molar-refractivity contribution is -0.119. The lowest BCUT2D eigenvalue weighted by Crippen LogP contribution is -2.20. The highest BCUT2D eigenvalue weighted by molar-refractivity contribution is 7.13. The third-order valence-corrected chi connectivity index (χ3v) is 2.78. The van der Waals surface area contributed by atoms with Gasteiger partial charge in [0.05, 0.1) is 5.56 Å². The lowest BCUT2D eigenvalue weighted by atomic mass is 10.2. The Bertz CT molecular complexity index is 569. The van der Waals surface area contributed by atoms with Crippen molar-refractivity contribution in [2.24, 2.45) is 0 Å². The average Bonchev–Trinajstić information content (AvgIpc) is 2.89. The van der Waals surface area contributed by atoms with E-state index in [1.807, 2.05) is 0 Å². The molecular formula is C12H9FN2O3S. The van der Waals surface area contributed by atoms with Crippen molar-refractivity contribution in [3.05, 3.63) is 47.2 Å². The molecule has 0 aliphatic heterocycles. The first kappa shape index (κ1) is 13.2. The zero-order valence-corrected chi connectivity index (χ0v) is 10.4. The number of hydrogen-bond donors (Lipinski definition) is 1. The smallest absolute Gasteiger partial charge is 0.338 e. The second-order valence-electron chi connectivity index (χ2n) is 3.47. The minimum atomic E-state index is -0.686. The van der Waals surface area contributed by atoms with Crippen LogP contribution in [0.5, 0.6) is 0 Å². The molecule has 0 aliphatic carbocycles. The number of hydrogen-bond acceptors (Lipinski definition) is 5. The second kappa shape index (κ2) is 6.05. The zero-order valence-electron chi connectivity index (χ0n) is 9.63. The molecule has 0 unspecified atom stereocenters. The molecule has 1 aromatic carbocycles. The molecule has 5 nitrogen and oxygen atoms in total. The lowest BCUT2D eigenvalue weighted by Gasteiger charge is -2.04. The molecule has 1 heterocycles. The van der Waals surface area contributed by atoms with Gasteiger partial charge in [0.2, 0.25) is 0 Å². The third kappa shape index (κ3) is 3.85. The maximum Gasteiger partial charge on any atom is 0.338 e. The van der Waals surface area contributed by atoms with Crippen LogP contribution in [0.1, 0.15) is 10.4 Å². The van der Waals surface area contributed by atoms with Crippen LogP contribution in [0.4, 0.5) is 9.52 Å². The molecule has 0 saturated heterocycles. The summed E-state index contributed by atoms with van der Waals surface area (Å²) in [5.74, 6) is -1.61. The van der Waals surface area contributed by atoms with Crippen molar-refractivity contribution < 1.29 is 18.7 Å². The Morgan fingerprint density at radius 2 is 2.05 bits per heavy atom. The maximum atomic E-state index is 12.7. The van der Waals surface area contributed by atoms with E-state index in [1.165, 1.54) is 23.5 Å². The summed E-state index contributed by atoms with van der Waals surface area (Å²) in [5, 5.41) is 4.61. The van der Waals surface area contributed by atoms with E-state index in [4.69, 9.17) is 4.74 Å². The van der Waals surface area contributed by atoms with Gasteiger partial charge >= 0.3 is 5.97 Å². The molecule has 0 atom stereocenters. The van der Waals surface area contributed by atoms with E-state index in [-0.39, 0.29) is 5.56 Å². The summed E-state index contributed by atoms with van der Waals surface area (Å²) in [6.45, 7) is -0.421. The van der Waals surface area contributed by atoms with Gasteiger partial charge in [-0.1, -0.05) is 0 Å². The number of nitrogens with zero attached hydrogens (tertiary/aromatic N) is 1. The van der Waals surface area contributed by atoms with Gasteiger partial charge in [0, 0.05) is 11.6 Å². The van der Waals surface area contributed by atoms with Crippen LogP contribution < -0.4 is 5.32 Å². The fourth-order valence-corrected chi connectivity index (χ4v) is 1.79. The predicted octanol–water partition coefficient (Wildman–Crippen LogP) is 2.08. The molecule has 0 fully saturated rings. The van der Waals surface area contributed by atoms with E-state index in [0.717, 1.165) is 12.1 Å². The summed E-state index contributed by atoms with van der Waals surface area (Å²) >= 11 is 1.26. The summed E-state index contributed by atoms with van der Waals surface area (Å²) in [6.07, 6.45) is 1.55. The Morgan fingerprint density at radius 3 is 2.68 bits per heavy atom. The predicted molar refractivity (Wildman–Crippen MR) is 67.4 cm³/mol. The van der Waals surface area contributed by atoms with Gasteiger partial charge in [-0.15, -0.1) is 11.3 Å². The highest BCUT2D eigenvalue weighted by Gasteiger charge is 2.10. The summed E-state index contributed by atoms with van der Waals surface area (Å²) in [7, 11) is 0. The molecule has 2 aromatic rings. The van der Waals surface area contributed by atoms with Gasteiger partial charge in [0.1, 0.15) is 5.82 Å². The molecule has 98 valence electrons. The van der Waals surface area contributed by atoms with Crippen molar-refractivity contribution in [2.45, 2.75) is 0 Å². The molecule has 1 amide bonds. The topological polar surface area (TPSA) is 68.3 Å². The second-order valence-corrected chi connectivity index (χ2v) is 4.36. The molecule has 0 radical (unpaired) electrons. The van der Waals surface area contributed by atoms with Crippen molar-refractivity contribution >= 4 is 28.3 Å². The first-order valence-electron chi connectivity index (χ1n) is 5.27. The van der Waals surface area contributed by atoms with Crippen LogP contribution in [0.3, 0.4) is 0 Å². The Labute approximate surface area is 112 Å². The minimum absolute atomic E-state index is 0.184. The van der Waals surface area contributed by atoms with E-state index in [0.29, 0.717) is 5.13 Å². The molecule has 1 N–H and O–H groups in total. The van der Waals surface area contributed by atoms with Crippen molar-refractivity contribution in [3.8, 4) is 0 Å². The fraction of sp³-hybridized carbons (Fsp3) is 0.0833. The third-order valence-electron chi connectivity index (χ3n) is 2.09. The van der Waals surface area contributed by atoms with Crippen LogP contribution in [0.15, 0.2) is 35.8 Å². The van der Waals surface area contributed by atoms with Crippen molar-refractivity contribution in [2.75, 3.05) is 11.9 Å². The number of esters is 1. The standard InChI is InChI=1S/C12H9FN2O3S/c13-9-3-1-8(2-4-9)11(17)18-7-10(16)15-12-14-5-6-19-12/h1-6H,7H2,(H,14,15,16). The van der Waals surface area contributed by atoms with E-state index in [9.17, 15) is 14.0 Å². The number of aromatic nitrogens is 1. The van der Waals surface area contributed by atoms with Crippen LogP contribution >= 0.6 is 11.3 Å². The number of ether oxygens (including phenoxy) is 1. The Balaban J connectivity index is 1.83. The first-order valence-corrected chi connectivity index (χ1v) is 6.15. The van der Waals surface area contributed by atoms with Gasteiger partial charge in [-0.2, -0.15) is 0 Å². The molecular weight excluding hydrogens is 271 g/mol. The Morgan fingerprint density at radius 1 is 1.32 bits per heavy atom. The minimum Gasteiger partial charge on any atom is -0.452 e. The van der Waals surface area contributed by atoms with Gasteiger partial charge in [-0.25, -0.2) is 14.2 Å². The SMILES string of the molecule is O=C(COC(=O)c1ccc(F)cc1)Nc1nccs1. The number of rotatable bonds is 4. The highest BCUT2D eigenvalue weighted by Crippen LogP contribution is 2.10. The van der Waals surface area contributed by atoms with Gasteiger partial charge in [-0.05, 0) is 24.3 Å². The Hall–Kier alpha value is -2.28. The van der Waals surface area contributed by atoms with Crippen LogP contribution in [0.2, 0.25) is 0 Å². The molecule has 0 spiro atoms. The number of benzene rings is 1. The average molecular weight is 280 g/mol. The highest BCUT2D eigenvalue weighted by atomic mass is 32.1. The van der Waals surface area contributed by atoms with Crippen LogP contribution in [-0.2, 0) is 9.53 Å². The first-order chi connectivity index (χ1) is 9.15. The van der Waals surface area contributed by atoms with Crippen LogP contribution in [0.25, 0.3) is 0 Å². The molecule has 0 saturated carbocycles.